The Balaban J connectivity index is 1.97. The maximum absolute atomic E-state index is 13.4. The Morgan fingerprint density at radius 1 is 1.40 bits per heavy atom. The van der Waals surface area contributed by atoms with Crippen molar-refractivity contribution in [2.45, 2.75) is 13.1 Å². The summed E-state index contributed by atoms with van der Waals surface area (Å²) in [6, 6.07) is 3.16. The largest absolute Gasteiger partial charge is 0.346 e. The van der Waals surface area contributed by atoms with E-state index in [1.165, 1.54) is 16.9 Å². The van der Waals surface area contributed by atoms with Gasteiger partial charge in [0.25, 0.3) is 5.91 Å². The van der Waals surface area contributed by atoms with Crippen LogP contribution in [0.3, 0.4) is 0 Å². The topological polar surface area (TPSA) is 85.8 Å². The number of benzene rings is 1. The van der Waals surface area contributed by atoms with Crippen molar-refractivity contribution < 1.29 is 13.6 Å². The summed E-state index contributed by atoms with van der Waals surface area (Å²) in [7, 11) is 0. The average molecular weight is 281 g/mol. The molecule has 0 radical (unpaired) electrons. The lowest BCUT2D eigenvalue weighted by Gasteiger charge is -2.04. The van der Waals surface area contributed by atoms with Gasteiger partial charge < -0.3 is 11.1 Å². The third-order valence-corrected chi connectivity index (χ3v) is 2.58. The number of aromatic nitrogens is 3. The van der Waals surface area contributed by atoms with Gasteiger partial charge in [-0.25, -0.2) is 8.78 Å². The van der Waals surface area contributed by atoms with Gasteiger partial charge in [-0.1, -0.05) is 11.3 Å². The van der Waals surface area contributed by atoms with E-state index in [-0.39, 0.29) is 17.8 Å². The molecule has 0 saturated heterocycles. The maximum Gasteiger partial charge on any atom is 0.273 e. The van der Waals surface area contributed by atoms with Crippen LogP contribution in [-0.2, 0) is 13.1 Å². The first-order valence-corrected chi connectivity index (χ1v) is 5.92. The standard InChI is InChI=1S/C12H13F2N5O/c13-9-2-1-8(10(14)5-9)6-16-12(20)11-7-19(4-3-15)18-17-11/h1-2,5,7H,3-4,6,15H2,(H,16,20). The van der Waals surface area contributed by atoms with E-state index < -0.39 is 17.5 Å². The smallest absolute Gasteiger partial charge is 0.273 e. The first-order chi connectivity index (χ1) is 9.60. The second-order valence-corrected chi connectivity index (χ2v) is 4.07. The molecule has 0 saturated carbocycles. The van der Waals surface area contributed by atoms with Gasteiger partial charge in [-0.15, -0.1) is 5.10 Å². The first kappa shape index (κ1) is 14.1. The number of amides is 1. The highest BCUT2D eigenvalue weighted by molar-refractivity contribution is 5.91. The van der Waals surface area contributed by atoms with E-state index in [2.05, 4.69) is 15.6 Å². The SMILES string of the molecule is NCCn1cc(C(=O)NCc2ccc(F)cc2F)nn1. The summed E-state index contributed by atoms with van der Waals surface area (Å²) >= 11 is 0. The molecule has 0 spiro atoms. The zero-order valence-corrected chi connectivity index (χ0v) is 10.5. The van der Waals surface area contributed by atoms with Gasteiger partial charge in [-0.2, -0.15) is 0 Å². The van der Waals surface area contributed by atoms with Crippen LogP contribution in [0.2, 0.25) is 0 Å². The highest BCUT2D eigenvalue weighted by Crippen LogP contribution is 2.09. The zero-order chi connectivity index (χ0) is 14.5. The Hall–Kier alpha value is -2.35. The number of carbonyl (C=O) groups excluding carboxylic acids is 1. The molecule has 2 rings (SSSR count). The van der Waals surface area contributed by atoms with Crippen LogP contribution in [0.1, 0.15) is 16.1 Å². The van der Waals surface area contributed by atoms with Gasteiger partial charge in [0, 0.05) is 24.7 Å². The summed E-state index contributed by atoms with van der Waals surface area (Å²) in [5.74, 6) is -1.86. The normalized spacial score (nSPS) is 10.6. The highest BCUT2D eigenvalue weighted by Gasteiger charge is 2.11. The molecule has 0 fully saturated rings. The molecule has 0 unspecified atom stereocenters. The molecule has 1 heterocycles. The Kier molecular flexibility index (Phi) is 4.36. The van der Waals surface area contributed by atoms with Gasteiger partial charge in [-0.3, -0.25) is 9.48 Å². The molecule has 2 aromatic rings. The van der Waals surface area contributed by atoms with Crippen LogP contribution < -0.4 is 11.1 Å². The Morgan fingerprint density at radius 3 is 2.90 bits per heavy atom. The summed E-state index contributed by atoms with van der Waals surface area (Å²) in [4.78, 5) is 11.8. The second-order valence-electron chi connectivity index (χ2n) is 4.07. The van der Waals surface area contributed by atoms with E-state index in [1.54, 1.807) is 0 Å². The molecule has 106 valence electrons. The first-order valence-electron chi connectivity index (χ1n) is 5.92. The van der Waals surface area contributed by atoms with E-state index >= 15 is 0 Å². The number of hydrogen-bond donors (Lipinski definition) is 2. The minimum Gasteiger partial charge on any atom is -0.346 e. The third-order valence-electron chi connectivity index (χ3n) is 2.58. The van der Waals surface area contributed by atoms with Crippen molar-refractivity contribution in [1.82, 2.24) is 20.3 Å². The minimum atomic E-state index is -0.711. The summed E-state index contributed by atoms with van der Waals surface area (Å²) in [5.41, 5.74) is 5.65. The van der Waals surface area contributed by atoms with Gasteiger partial charge in [0.05, 0.1) is 12.7 Å². The molecule has 0 aliphatic heterocycles. The fourth-order valence-electron chi connectivity index (χ4n) is 1.58. The zero-order valence-electron chi connectivity index (χ0n) is 10.5. The van der Waals surface area contributed by atoms with Crippen LogP contribution in [-0.4, -0.2) is 27.4 Å². The Labute approximate surface area is 113 Å². The summed E-state index contributed by atoms with van der Waals surface area (Å²) in [5, 5.41) is 9.87. The van der Waals surface area contributed by atoms with Crippen molar-refractivity contribution in [2.75, 3.05) is 6.54 Å². The minimum absolute atomic E-state index is 0.0608. The molecule has 1 aromatic carbocycles. The van der Waals surface area contributed by atoms with Crippen LogP contribution in [0, 0.1) is 11.6 Å². The number of rotatable bonds is 5. The van der Waals surface area contributed by atoms with Gasteiger partial charge in [0.1, 0.15) is 11.6 Å². The highest BCUT2D eigenvalue weighted by atomic mass is 19.1. The van der Waals surface area contributed by atoms with Gasteiger partial charge in [0.15, 0.2) is 5.69 Å². The summed E-state index contributed by atoms with van der Waals surface area (Å²) in [6.45, 7) is 0.771. The summed E-state index contributed by atoms with van der Waals surface area (Å²) < 4.78 is 27.5. The van der Waals surface area contributed by atoms with Crippen molar-refractivity contribution in [3.8, 4) is 0 Å². The molecular formula is C12H13F2N5O. The predicted octanol–water partition coefficient (Wildman–Crippen LogP) is 0.445. The van der Waals surface area contributed by atoms with Gasteiger partial charge in [-0.05, 0) is 6.07 Å². The quantitative estimate of drug-likeness (QED) is 0.833. The molecule has 0 aliphatic rings. The van der Waals surface area contributed by atoms with Crippen molar-refractivity contribution in [3.05, 3.63) is 47.3 Å². The maximum atomic E-state index is 13.4. The van der Waals surface area contributed by atoms with E-state index in [1.807, 2.05) is 0 Å². The molecular weight excluding hydrogens is 268 g/mol. The Morgan fingerprint density at radius 2 is 2.20 bits per heavy atom. The van der Waals surface area contributed by atoms with E-state index in [9.17, 15) is 13.6 Å². The Bertz CT molecular complexity index is 614. The predicted molar refractivity (Wildman–Crippen MR) is 66.6 cm³/mol. The number of nitrogens with two attached hydrogens (primary N) is 1. The van der Waals surface area contributed by atoms with Crippen LogP contribution >= 0.6 is 0 Å². The van der Waals surface area contributed by atoms with Crippen molar-refractivity contribution in [1.29, 1.82) is 0 Å². The molecule has 0 bridgehead atoms. The lowest BCUT2D eigenvalue weighted by Crippen LogP contribution is -2.23. The number of carbonyl (C=O) groups is 1. The lowest BCUT2D eigenvalue weighted by atomic mass is 10.2. The molecule has 0 aliphatic carbocycles. The van der Waals surface area contributed by atoms with Crippen LogP contribution in [0.4, 0.5) is 8.78 Å². The number of nitrogens with zero attached hydrogens (tertiary/aromatic N) is 3. The van der Waals surface area contributed by atoms with Gasteiger partial charge >= 0.3 is 0 Å². The molecule has 6 nitrogen and oxygen atoms in total. The molecule has 20 heavy (non-hydrogen) atoms. The fraction of sp³-hybridized carbons (Fsp3) is 0.250. The molecule has 8 heteroatoms. The van der Waals surface area contributed by atoms with Crippen molar-refractivity contribution in [3.63, 3.8) is 0 Å². The molecule has 1 amide bonds. The molecule has 1 aromatic heterocycles. The number of nitrogens with one attached hydrogen (secondary N) is 1. The number of hydrogen-bond acceptors (Lipinski definition) is 4. The third kappa shape index (κ3) is 3.35. The van der Waals surface area contributed by atoms with Crippen LogP contribution in [0.15, 0.2) is 24.4 Å². The lowest BCUT2D eigenvalue weighted by molar-refractivity contribution is 0.0945. The fourth-order valence-corrected chi connectivity index (χ4v) is 1.58. The van der Waals surface area contributed by atoms with Crippen molar-refractivity contribution in [2.24, 2.45) is 5.73 Å². The van der Waals surface area contributed by atoms with E-state index in [4.69, 9.17) is 5.73 Å². The van der Waals surface area contributed by atoms with Gasteiger partial charge in [0.2, 0.25) is 0 Å². The van der Waals surface area contributed by atoms with E-state index in [0.29, 0.717) is 13.1 Å². The molecule has 3 N–H and O–H groups in total. The summed E-state index contributed by atoms with van der Waals surface area (Å²) in [6.07, 6.45) is 1.45. The number of halogens is 2. The molecule has 0 atom stereocenters. The van der Waals surface area contributed by atoms with Crippen LogP contribution in [0.25, 0.3) is 0 Å². The second kappa shape index (κ2) is 6.20. The average Bonchev–Trinajstić information content (AvgIpc) is 2.86. The van der Waals surface area contributed by atoms with Crippen molar-refractivity contribution >= 4 is 5.91 Å². The van der Waals surface area contributed by atoms with Crippen LogP contribution in [0.5, 0.6) is 0 Å². The monoisotopic (exact) mass is 281 g/mol. The van der Waals surface area contributed by atoms with E-state index in [0.717, 1.165) is 12.1 Å².